The molecule has 1 aromatic rings. The van der Waals surface area contributed by atoms with Crippen LogP contribution in [0, 0.1) is 0 Å². The van der Waals surface area contributed by atoms with Crippen LogP contribution in [-0.4, -0.2) is 56.5 Å². The van der Waals surface area contributed by atoms with Crippen LogP contribution in [0.1, 0.15) is 45.2 Å². The van der Waals surface area contributed by atoms with Crippen LogP contribution in [0.4, 0.5) is 0 Å². The highest BCUT2D eigenvalue weighted by atomic mass is 16.4. The largest absolute Gasteiger partial charge is 0.481 e. The van der Waals surface area contributed by atoms with Gasteiger partial charge in [-0.2, -0.15) is 0 Å². The zero-order chi connectivity index (χ0) is 21.2. The van der Waals surface area contributed by atoms with Crippen LogP contribution in [0.5, 0.6) is 0 Å². The maximum absolute atomic E-state index is 11.3. The number of carbonyl (C=O) groups is 4. The van der Waals surface area contributed by atoms with Crippen LogP contribution >= 0.6 is 0 Å². The Labute approximate surface area is 157 Å². The van der Waals surface area contributed by atoms with Gasteiger partial charge >= 0.3 is 5.97 Å². The Morgan fingerprint density at radius 3 is 2.22 bits per heavy atom. The Morgan fingerprint density at radius 1 is 1.19 bits per heavy atom. The molecule has 0 fully saturated rings. The molecule has 154 valence electrons. The summed E-state index contributed by atoms with van der Waals surface area (Å²) in [4.78, 5) is 48.6. The summed E-state index contributed by atoms with van der Waals surface area (Å²) in [6, 6.07) is -1.02. The first kappa shape index (κ1) is 26.3. The standard InChI is InChI=1S/C9H14N4O3.C5H9NO3.C2H6/c10-9(16)7(4-14)13-8(15)2-1-6-3-11-5-12-6;6-4(7)2-1-3-5(8)9;1-2/h3,5,7,14H,1-2,4H2,(H2,10,16)(H,11,12)(H,13,15);1-3H2,(H2,6,7)(H,8,9);1-2H3. The normalized spacial score (nSPS) is 10.3. The summed E-state index contributed by atoms with van der Waals surface area (Å²) in [7, 11) is 0. The van der Waals surface area contributed by atoms with Gasteiger partial charge in [0.2, 0.25) is 17.7 Å². The SMILES string of the molecule is CC.NC(=O)C(CO)NC(=O)CCc1cnc[nH]1.NC(=O)CCCC(=O)O. The molecule has 0 aromatic carbocycles. The number of primary amides is 2. The average Bonchev–Trinajstić information content (AvgIpc) is 3.13. The van der Waals surface area contributed by atoms with E-state index in [2.05, 4.69) is 15.3 Å². The number of aliphatic hydroxyl groups excluding tert-OH is 1. The maximum atomic E-state index is 11.3. The number of rotatable bonds is 10. The van der Waals surface area contributed by atoms with Crippen LogP contribution in [0.3, 0.4) is 0 Å². The lowest BCUT2D eigenvalue weighted by Crippen LogP contribution is -2.46. The second-order valence-corrected chi connectivity index (χ2v) is 5.00. The molecule has 0 saturated heterocycles. The summed E-state index contributed by atoms with van der Waals surface area (Å²) < 4.78 is 0. The van der Waals surface area contributed by atoms with Crippen molar-refractivity contribution in [2.24, 2.45) is 11.5 Å². The molecule has 11 heteroatoms. The van der Waals surface area contributed by atoms with E-state index >= 15 is 0 Å². The van der Waals surface area contributed by atoms with E-state index in [0.717, 1.165) is 5.69 Å². The van der Waals surface area contributed by atoms with Crippen molar-refractivity contribution < 1.29 is 29.4 Å². The first-order valence-corrected chi connectivity index (χ1v) is 8.43. The molecule has 1 atom stereocenters. The fourth-order valence-electron chi connectivity index (χ4n) is 1.56. The number of aliphatic hydroxyl groups is 1. The van der Waals surface area contributed by atoms with E-state index in [9.17, 15) is 19.2 Å². The van der Waals surface area contributed by atoms with Gasteiger partial charge in [-0.3, -0.25) is 19.2 Å². The van der Waals surface area contributed by atoms with E-state index in [1.54, 1.807) is 6.20 Å². The highest BCUT2D eigenvalue weighted by molar-refractivity contribution is 5.86. The minimum atomic E-state index is -1.02. The van der Waals surface area contributed by atoms with E-state index in [4.69, 9.17) is 21.7 Å². The third-order valence-electron chi connectivity index (χ3n) is 2.85. The van der Waals surface area contributed by atoms with Gasteiger partial charge < -0.3 is 32.0 Å². The molecule has 0 aliphatic heterocycles. The van der Waals surface area contributed by atoms with Gasteiger partial charge in [-0.15, -0.1) is 0 Å². The van der Waals surface area contributed by atoms with Gasteiger partial charge in [0, 0.05) is 31.2 Å². The highest BCUT2D eigenvalue weighted by Gasteiger charge is 2.16. The number of nitrogens with zero attached hydrogens (tertiary/aromatic N) is 1. The topological polar surface area (TPSA) is 201 Å². The summed E-state index contributed by atoms with van der Waals surface area (Å²) in [5.74, 6) is -2.43. The quantitative estimate of drug-likeness (QED) is 0.297. The average molecular weight is 387 g/mol. The van der Waals surface area contributed by atoms with Crippen LogP contribution in [0.2, 0.25) is 0 Å². The number of carbonyl (C=O) groups excluding carboxylic acids is 3. The predicted octanol–water partition coefficient (Wildman–Crippen LogP) is -0.942. The van der Waals surface area contributed by atoms with E-state index in [-0.39, 0.29) is 25.2 Å². The minimum Gasteiger partial charge on any atom is -0.481 e. The molecule has 0 bridgehead atoms. The van der Waals surface area contributed by atoms with Crippen LogP contribution in [-0.2, 0) is 25.6 Å². The fraction of sp³-hybridized carbons (Fsp3) is 0.562. The zero-order valence-corrected chi connectivity index (χ0v) is 15.6. The van der Waals surface area contributed by atoms with Gasteiger partial charge in [0.15, 0.2) is 0 Å². The number of hydrogen-bond donors (Lipinski definition) is 6. The van der Waals surface area contributed by atoms with Crippen molar-refractivity contribution in [3.63, 3.8) is 0 Å². The lowest BCUT2D eigenvalue weighted by Gasteiger charge is -2.11. The number of amides is 3. The zero-order valence-electron chi connectivity index (χ0n) is 15.6. The molecule has 3 amide bonds. The molecule has 27 heavy (non-hydrogen) atoms. The van der Waals surface area contributed by atoms with Crippen molar-refractivity contribution in [3.8, 4) is 0 Å². The number of nitrogens with two attached hydrogens (primary N) is 2. The number of aliphatic carboxylic acids is 1. The van der Waals surface area contributed by atoms with Gasteiger partial charge in [0.25, 0.3) is 0 Å². The highest BCUT2D eigenvalue weighted by Crippen LogP contribution is 1.97. The molecular weight excluding hydrogens is 358 g/mol. The first-order valence-electron chi connectivity index (χ1n) is 8.43. The number of hydrogen-bond acceptors (Lipinski definition) is 6. The molecule has 0 aliphatic carbocycles. The van der Waals surface area contributed by atoms with Crippen molar-refractivity contribution in [1.29, 1.82) is 0 Å². The lowest BCUT2D eigenvalue weighted by atomic mass is 10.2. The number of carboxylic acid groups (broad SMARTS) is 1. The van der Waals surface area contributed by atoms with Crippen molar-refractivity contribution in [3.05, 3.63) is 18.2 Å². The molecule has 0 aliphatic rings. The second-order valence-electron chi connectivity index (χ2n) is 5.00. The molecule has 0 saturated carbocycles. The monoisotopic (exact) mass is 387 g/mol. The number of imidazole rings is 1. The van der Waals surface area contributed by atoms with Gasteiger partial charge in [-0.25, -0.2) is 4.98 Å². The number of aromatic nitrogens is 2. The smallest absolute Gasteiger partial charge is 0.303 e. The first-order chi connectivity index (χ1) is 12.8. The van der Waals surface area contributed by atoms with E-state index in [1.807, 2.05) is 13.8 Å². The van der Waals surface area contributed by atoms with Gasteiger partial charge in [-0.05, 0) is 12.8 Å². The van der Waals surface area contributed by atoms with Gasteiger partial charge in [0.1, 0.15) is 6.04 Å². The lowest BCUT2D eigenvalue weighted by molar-refractivity contribution is -0.137. The van der Waals surface area contributed by atoms with E-state index < -0.39 is 30.4 Å². The third-order valence-corrected chi connectivity index (χ3v) is 2.85. The molecular formula is C16H29N5O6. The number of aromatic amines is 1. The molecule has 11 nitrogen and oxygen atoms in total. The Balaban J connectivity index is 0. The van der Waals surface area contributed by atoms with Gasteiger partial charge in [0.05, 0.1) is 12.9 Å². The fourth-order valence-corrected chi connectivity index (χ4v) is 1.56. The van der Waals surface area contributed by atoms with Crippen molar-refractivity contribution >= 4 is 23.7 Å². The predicted molar refractivity (Wildman–Crippen MR) is 97.1 cm³/mol. The van der Waals surface area contributed by atoms with Crippen molar-refractivity contribution in [2.75, 3.05) is 6.61 Å². The second kappa shape index (κ2) is 16.5. The summed E-state index contributed by atoms with van der Waals surface area (Å²) in [5, 5.41) is 19.2. The van der Waals surface area contributed by atoms with Gasteiger partial charge in [-0.1, -0.05) is 13.8 Å². The molecule has 1 aromatic heterocycles. The molecule has 1 rings (SSSR count). The Morgan fingerprint density at radius 2 is 1.81 bits per heavy atom. The maximum Gasteiger partial charge on any atom is 0.303 e. The number of carboxylic acids is 1. The Kier molecular flexibility index (Phi) is 16.1. The van der Waals surface area contributed by atoms with Crippen LogP contribution in [0.25, 0.3) is 0 Å². The van der Waals surface area contributed by atoms with Crippen molar-refractivity contribution in [1.82, 2.24) is 15.3 Å². The van der Waals surface area contributed by atoms with Crippen LogP contribution in [0.15, 0.2) is 12.5 Å². The summed E-state index contributed by atoms with van der Waals surface area (Å²) in [6.07, 6.45) is 4.34. The summed E-state index contributed by atoms with van der Waals surface area (Å²) in [5.41, 5.74) is 10.5. The van der Waals surface area contributed by atoms with Crippen LogP contribution < -0.4 is 16.8 Å². The number of nitrogens with one attached hydrogen (secondary N) is 2. The van der Waals surface area contributed by atoms with E-state index in [0.29, 0.717) is 12.8 Å². The molecule has 1 unspecified atom stereocenters. The number of H-pyrrole nitrogens is 1. The minimum absolute atomic E-state index is 0.0168. The third kappa shape index (κ3) is 16.3. The van der Waals surface area contributed by atoms with Crippen molar-refractivity contribution in [2.45, 2.75) is 52.0 Å². The summed E-state index contributed by atoms with van der Waals surface area (Å²) in [6.45, 7) is 3.51. The summed E-state index contributed by atoms with van der Waals surface area (Å²) >= 11 is 0. The molecule has 1 heterocycles. The molecule has 0 radical (unpaired) electrons. The Hall–Kier alpha value is -2.95. The number of aryl methyl sites for hydroxylation is 1. The molecule has 0 spiro atoms. The Bertz CT molecular complexity index is 548. The van der Waals surface area contributed by atoms with E-state index in [1.165, 1.54) is 6.33 Å². The molecule has 8 N–H and O–H groups in total.